The van der Waals surface area contributed by atoms with E-state index in [1.807, 2.05) is 12.1 Å². The van der Waals surface area contributed by atoms with Crippen LogP contribution in [0, 0.1) is 0 Å². The molecule has 2 aromatic rings. The molecule has 0 N–H and O–H groups in total. The van der Waals surface area contributed by atoms with Gasteiger partial charge in [-0.25, -0.2) is 14.6 Å². The summed E-state index contributed by atoms with van der Waals surface area (Å²) in [5, 5.41) is 4.67. The van der Waals surface area contributed by atoms with Crippen molar-refractivity contribution < 1.29 is 0 Å². The molecule has 1 aliphatic heterocycles. The fourth-order valence-corrected chi connectivity index (χ4v) is 3.86. The van der Waals surface area contributed by atoms with Crippen LogP contribution in [-0.4, -0.2) is 37.2 Å². The highest BCUT2D eigenvalue weighted by Gasteiger charge is 2.26. The van der Waals surface area contributed by atoms with Gasteiger partial charge in [-0.05, 0) is 56.7 Å². The Hall–Kier alpha value is -2.08. The number of aryl methyl sites for hydroxylation is 2. The molecule has 0 aromatic carbocycles. The van der Waals surface area contributed by atoms with Crippen molar-refractivity contribution in [1.82, 2.24) is 24.6 Å². The van der Waals surface area contributed by atoms with Crippen molar-refractivity contribution in [3.8, 4) is 0 Å². The number of hydrogen-bond donors (Lipinski definition) is 0. The maximum Gasteiger partial charge on any atom is 0.267 e. The summed E-state index contributed by atoms with van der Waals surface area (Å²) in [4.78, 5) is 23.1. The molecule has 6 nitrogen and oxygen atoms in total. The second-order valence-electron chi connectivity index (χ2n) is 6.81. The fourth-order valence-electron chi connectivity index (χ4n) is 3.86. The van der Waals surface area contributed by atoms with Crippen molar-refractivity contribution in [2.45, 2.75) is 57.7 Å². The molecule has 0 bridgehead atoms. The highest BCUT2D eigenvalue weighted by Crippen LogP contribution is 2.21. The first-order chi connectivity index (χ1) is 11.8. The zero-order valence-electron chi connectivity index (χ0n) is 13.9. The lowest BCUT2D eigenvalue weighted by Crippen LogP contribution is -2.37. The van der Waals surface area contributed by atoms with Crippen LogP contribution in [0.5, 0.6) is 0 Å². The highest BCUT2D eigenvalue weighted by atomic mass is 16.1. The maximum absolute atomic E-state index is 12.4. The van der Waals surface area contributed by atoms with Crippen LogP contribution in [0.25, 0.3) is 0 Å². The molecule has 1 unspecified atom stereocenters. The molecule has 1 fully saturated rings. The van der Waals surface area contributed by atoms with Gasteiger partial charge in [0.15, 0.2) is 0 Å². The zero-order chi connectivity index (χ0) is 16.4. The third-order valence-corrected chi connectivity index (χ3v) is 5.16. The van der Waals surface area contributed by atoms with Gasteiger partial charge in [-0.2, -0.15) is 5.10 Å². The molecule has 1 aliphatic carbocycles. The van der Waals surface area contributed by atoms with E-state index in [-0.39, 0.29) is 5.56 Å². The minimum atomic E-state index is 0.0459. The Bertz CT molecular complexity index is 758. The molecule has 4 rings (SSSR count). The normalized spacial score (nSPS) is 20.9. The Morgan fingerprint density at radius 3 is 3.00 bits per heavy atom. The quantitative estimate of drug-likeness (QED) is 0.854. The third-order valence-electron chi connectivity index (χ3n) is 5.16. The van der Waals surface area contributed by atoms with Crippen LogP contribution in [0.15, 0.2) is 29.5 Å². The second-order valence-corrected chi connectivity index (χ2v) is 6.81. The number of fused-ring (bicyclic) bond motifs is 1. The molecule has 0 amide bonds. The van der Waals surface area contributed by atoms with Gasteiger partial charge in [0.2, 0.25) is 0 Å². The molecule has 2 aliphatic rings. The van der Waals surface area contributed by atoms with Crippen molar-refractivity contribution in [1.29, 1.82) is 0 Å². The number of nitrogens with zero attached hydrogens (tertiary/aromatic N) is 5. The first kappa shape index (κ1) is 15.4. The zero-order valence-corrected chi connectivity index (χ0v) is 13.9. The van der Waals surface area contributed by atoms with E-state index in [9.17, 15) is 4.79 Å². The lowest BCUT2D eigenvalue weighted by atomic mass is 9.97. The predicted molar refractivity (Wildman–Crippen MR) is 90.6 cm³/mol. The number of likely N-dealkylation sites (tertiary alicyclic amines) is 1. The Morgan fingerprint density at radius 2 is 2.12 bits per heavy atom. The van der Waals surface area contributed by atoms with Gasteiger partial charge in [-0.1, -0.05) is 0 Å². The Kier molecular flexibility index (Phi) is 4.38. The SMILES string of the molecule is O=c1cc2c(nn1CC1CCCN1Cc1ccncn1)CCCC2. The summed E-state index contributed by atoms with van der Waals surface area (Å²) in [6.07, 6.45) is 10.0. The van der Waals surface area contributed by atoms with Crippen LogP contribution in [-0.2, 0) is 25.9 Å². The van der Waals surface area contributed by atoms with Crippen molar-refractivity contribution in [3.05, 3.63) is 52.0 Å². The first-order valence-corrected chi connectivity index (χ1v) is 8.88. The summed E-state index contributed by atoms with van der Waals surface area (Å²) in [6.45, 7) is 2.54. The Morgan fingerprint density at radius 1 is 1.21 bits per heavy atom. The van der Waals surface area contributed by atoms with Gasteiger partial charge in [0.25, 0.3) is 5.56 Å². The molecular formula is C18H23N5O. The Balaban J connectivity index is 1.51. The minimum Gasteiger partial charge on any atom is -0.293 e. The van der Waals surface area contributed by atoms with Gasteiger partial charge >= 0.3 is 0 Å². The Labute approximate surface area is 141 Å². The highest BCUT2D eigenvalue weighted by molar-refractivity contribution is 5.20. The van der Waals surface area contributed by atoms with Crippen LogP contribution in [0.1, 0.15) is 42.6 Å². The van der Waals surface area contributed by atoms with E-state index in [0.29, 0.717) is 12.6 Å². The van der Waals surface area contributed by atoms with E-state index in [1.54, 1.807) is 17.2 Å². The standard InChI is InChI=1S/C18H23N5O/c24-18-10-14-4-1-2-6-17(14)21-23(18)12-16-5-3-9-22(16)11-15-7-8-19-13-20-15/h7-8,10,13,16H,1-6,9,11-12H2. The monoisotopic (exact) mass is 325 g/mol. The molecule has 2 aromatic heterocycles. The van der Waals surface area contributed by atoms with Gasteiger partial charge in [0, 0.05) is 24.8 Å². The summed E-state index contributed by atoms with van der Waals surface area (Å²) >= 11 is 0. The van der Waals surface area contributed by atoms with Crippen LogP contribution < -0.4 is 5.56 Å². The third kappa shape index (κ3) is 3.24. The molecule has 24 heavy (non-hydrogen) atoms. The summed E-state index contributed by atoms with van der Waals surface area (Å²) in [7, 11) is 0. The van der Waals surface area contributed by atoms with E-state index < -0.39 is 0 Å². The number of rotatable bonds is 4. The molecular weight excluding hydrogens is 302 g/mol. The van der Waals surface area contributed by atoms with Crippen LogP contribution in [0.2, 0.25) is 0 Å². The smallest absolute Gasteiger partial charge is 0.267 e. The minimum absolute atomic E-state index is 0.0459. The summed E-state index contributed by atoms with van der Waals surface area (Å²) < 4.78 is 1.69. The van der Waals surface area contributed by atoms with E-state index in [0.717, 1.165) is 55.7 Å². The fraction of sp³-hybridized carbons (Fsp3) is 0.556. The molecule has 0 radical (unpaired) electrons. The van der Waals surface area contributed by atoms with Crippen LogP contribution >= 0.6 is 0 Å². The summed E-state index contributed by atoms with van der Waals surface area (Å²) in [6, 6.07) is 4.12. The van der Waals surface area contributed by atoms with E-state index in [2.05, 4.69) is 20.0 Å². The van der Waals surface area contributed by atoms with E-state index in [4.69, 9.17) is 0 Å². The number of aromatic nitrogens is 4. The first-order valence-electron chi connectivity index (χ1n) is 8.88. The van der Waals surface area contributed by atoms with Crippen molar-refractivity contribution in [3.63, 3.8) is 0 Å². The average molecular weight is 325 g/mol. The summed E-state index contributed by atoms with van der Waals surface area (Å²) in [5.74, 6) is 0. The number of hydrogen-bond acceptors (Lipinski definition) is 5. The largest absolute Gasteiger partial charge is 0.293 e. The van der Waals surface area contributed by atoms with E-state index >= 15 is 0 Å². The van der Waals surface area contributed by atoms with Crippen molar-refractivity contribution in [2.24, 2.45) is 0 Å². The van der Waals surface area contributed by atoms with Crippen molar-refractivity contribution >= 4 is 0 Å². The van der Waals surface area contributed by atoms with Gasteiger partial charge in [0.05, 0.1) is 17.9 Å². The molecule has 3 heterocycles. The van der Waals surface area contributed by atoms with Gasteiger partial charge < -0.3 is 0 Å². The van der Waals surface area contributed by atoms with Crippen molar-refractivity contribution in [2.75, 3.05) is 6.54 Å². The molecule has 0 saturated carbocycles. The maximum atomic E-state index is 12.4. The molecule has 6 heteroatoms. The van der Waals surface area contributed by atoms with Gasteiger partial charge in [0.1, 0.15) is 6.33 Å². The summed E-state index contributed by atoms with van der Waals surface area (Å²) in [5.41, 5.74) is 3.36. The molecule has 126 valence electrons. The lowest BCUT2D eigenvalue weighted by Gasteiger charge is -2.25. The second kappa shape index (κ2) is 6.81. The van der Waals surface area contributed by atoms with E-state index in [1.165, 1.54) is 12.8 Å². The molecule has 0 spiro atoms. The average Bonchev–Trinajstić information content (AvgIpc) is 3.03. The molecule has 1 atom stereocenters. The van der Waals surface area contributed by atoms with Crippen LogP contribution in [0.3, 0.4) is 0 Å². The molecule has 1 saturated heterocycles. The predicted octanol–water partition coefficient (Wildman–Crippen LogP) is 1.58. The van der Waals surface area contributed by atoms with Gasteiger partial charge in [-0.3, -0.25) is 9.69 Å². The lowest BCUT2D eigenvalue weighted by molar-refractivity contribution is 0.213. The topological polar surface area (TPSA) is 63.9 Å². The van der Waals surface area contributed by atoms with Crippen LogP contribution in [0.4, 0.5) is 0 Å². The van der Waals surface area contributed by atoms with Gasteiger partial charge in [-0.15, -0.1) is 0 Å².